The quantitative estimate of drug-likeness (QED) is 0.0737. The summed E-state index contributed by atoms with van der Waals surface area (Å²) in [6, 6.07) is 21.9. The van der Waals surface area contributed by atoms with Crippen LogP contribution in [0.3, 0.4) is 0 Å². The Morgan fingerprint density at radius 1 is 0.352 bits per heavy atom. The zero-order chi connectivity index (χ0) is 37.9. The molecule has 0 radical (unpaired) electrons. The number of hydrogen-bond donors (Lipinski definition) is 0. The van der Waals surface area contributed by atoms with Crippen molar-refractivity contribution >= 4 is 64.6 Å². The number of unbranched alkanes of at least 4 members (excludes halogenated alkanes) is 8. The summed E-state index contributed by atoms with van der Waals surface area (Å²) in [5.41, 5.74) is 8.08. The molecule has 7 rings (SSSR count). The van der Waals surface area contributed by atoms with Crippen LogP contribution in [0.15, 0.2) is 70.3 Å². The lowest BCUT2D eigenvalue weighted by atomic mass is 9.92. The molecule has 0 saturated carbocycles. The molecule has 0 atom stereocenters. The third-order valence-corrected chi connectivity index (χ3v) is 12.2. The molecule has 0 saturated heterocycles. The highest BCUT2D eigenvalue weighted by Crippen LogP contribution is 2.47. The van der Waals surface area contributed by atoms with Crippen LogP contribution in [0, 0.1) is 13.8 Å². The Kier molecular flexibility index (Phi) is 11.7. The summed E-state index contributed by atoms with van der Waals surface area (Å²) in [6.07, 6.45) is 18.0. The molecular formula is C52H60O2. The first kappa shape index (κ1) is 38.0. The van der Waals surface area contributed by atoms with Gasteiger partial charge in [0.15, 0.2) is 10.9 Å². The van der Waals surface area contributed by atoms with Crippen LogP contribution in [0.5, 0.6) is 0 Å². The standard InChI is InChI=1S/C52H60O2/c1-7-11-15-21-35-27-33(5)29-37(23-17-13-9-3)45-41(35)31-43-47(45)48-44(50-49(43)51(53)39-25-19-20-26-40(39)52(50)54)32-42-36(22-16-12-8-2)28-34(6)30-38(46(42)48)24-18-14-10-4/h19-20,25-32H,7-18,21-24H2,1-6H3. The molecule has 7 aromatic rings. The molecular weight excluding hydrogens is 657 g/mol. The lowest BCUT2D eigenvalue weighted by molar-refractivity contribution is 0.719. The van der Waals surface area contributed by atoms with Gasteiger partial charge in [-0.15, -0.1) is 0 Å². The van der Waals surface area contributed by atoms with Crippen molar-refractivity contribution < 1.29 is 0 Å². The van der Waals surface area contributed by atoms with Gasteiger partial charge >= 0.3 is 0 Å². The Hall–Kier alpha value is -4.30. The molecule has 2 nitrogen and oxygen atoms in total. The molecule has 0 bridgehead atoms. The molecule has 0 aliphatic rings. The van der Waals surface area contributed by atoms with Gasteiger partial charge in [-0.1, -0.05) is 139 Å². The third kappa shape index (κ3) is 6.91. The monoisotopic (exact) mass is 716 g/mol. The highest BCUT2D eigenvalue weighted by molar-refractivity contribution is 6.41. The summed E-state index contributed by atoms with van der Waals surface area (Å²) in [5, 5.41) is 11.8. The minimum Gasteiger partial charge on any atom is -0.289 e. The fourth-order valence-electron chi connectivity index (χ4n) is 9.65. The molecule has 0 heterocycles. The molecule has 0 unspecified atom stereocenters. The van der Waals surface area contributed by atoms with Gasteiger partial charge in [0.2, 0.25) is 0 Å². The first-order valence-corrected chi connectivity index (χ1v) is 21.4. The molecule has 0 N–H and O–H groups in total. The summed E-state index contributed by atoms with van der Waals surface area (Å²) >= 11 is 0. The van der Waals surface area contributed by atoms with E-state index in [9.17, 15) is 9.59 Å². The number of rotatable bonds is 16. The average molecular weight is 717 g/mol. The second-order valence-electron chi connectivity index (χ2n) is 16.4. The van der Waals surface area contributed by atoms with E-state index < -0.39 is 0 Å². The van der Waals surface area contributed by atoms with E-state index in [-0.39, 0.29) is 10.9 Å². The Bertz CT molecular complexity index is 2430. The van der Waals surface area contributed by atoms with Crippen molar-refractivity contribution in [2.24, 2.45) is 0 Å². The summed E-state index contributed by atoms with van der Waals surface area (Å²) in [7, 11) is 0. The molecule has 54 heavy (non-hydrogen) atoms. The van der Waals surface area contributed by atoms with Gasteiger partial charge in [-0.05, 0) is 143 Å². The average Bonchev–Trinajstić information content (AvgIpc) is 3.68. The van der Waals surface area contributed by atoms with Crippen LogP contribution >= 0.6 is 0 Å². The second-order valence-corrected chi connectivity index (χ2v) is 16.4. The number of benzene rings is 3. The predicted octanol–water partition coefficient (Wildman–Crippen LogP) is 14.3. The van der Waals surface area contributed by atoms with Crippen LogP contribution in [0.4, 0.5) is 0 Å². The maximum absolute atomic E-state index is 14.9. The molecule has 0 amide bonds. The smallest absolute Gasteiger partial charge is 0.195 e. The predicted molar refractivity (Wildman–Crippen MR) is 238 cm³/mol. The van der Waals surface area contributed by atoms with Crippen molar-refractivity contribution in [1.82, 2.24) is 0 Å². The van der Waals surface area contributed by atoms with E-state index in [0.29, 0.717) is 21.5 Å². The number of fused-ring (bicyclic) bond motifs is 11. The van der Waals surface area contributed by atoms with Crippen molar-refractivity contribution in [3.8, 4) is 0 Å². The molecule has 0 aliphatic carbocycles. The molecule has 0 fully saturated rings. The largest absolute Gasteiger partial charge is 0.289 e. The topological polar surface area (TPSA) is 34.1 Å². The van der Waals surface area contributed by atoms with E-state index >= 15 is 0 Å². The van der Waals surface area contributed by atoms with Crippen molar-refractivity contribution in [1.29, 1.82) is 0 Å². The zero-order valence-corrected chi connectivity index (χ0v) is 33.9. The van der Waals surface area contributed by atoms with E-state index in [2.05, 4.69) is 77.9 Å². The second kappa shape index (κ2) is 16.6. The van der Waals surface area contributed by atoms with Crippen LogP contribution in [0.2, 0.25) is 0 Å². The van der Waals surface area contributed by atoms with Gasteiger partial charge in [0.05, 0.1) is 0 Å². The fraction of sp³-hybridized carbons (Fsp3) is 0.423. The fourth-order valence-corrected chi connectivity index (χ4v) is 9.65. The van der Waals surface area contributed by atoms with Gasteiger partial charge in [-0.2, -0.15) is 0 Å². The Morgan fingerprint density at radius 2 is 0.685 bits per heavy atom. The van der Waals surface area contributed by atoms with E-state index in [1.807, 2.05) is 24.3 Å². The lowest BCUT2D eigenvalue weighted by Crippen LogP contribution is -2.13. The summed E-state index contributed by atoms with van der Waals surface area (Å²) in [5.74, 6) is 0. The van der Waals surface area contributed by atoms with Gasteiger partial charge in [0.25, 0.3) is 0 Å². The van der Waals surface area contributed by atoms with Crippen LogP contribution in [0.25, 0.3) is 64.6 Å². The molecule has 0 spiro atoms. The van der Waals surface area contributed by atoms with Crippen molar-refractivity contribution in [3.63, 3.8) is 0 Å². The molecule has 2 heteroatoms. The Morgan fingerprint density at radius 3 is 1.04 bits per heavy atom. The van der Waals surface area contributed by atoms with Gasteiger partial charge in [0, 0.05) is 21.5 Å². The first-order valence-electron chi connectivity index (χ1n) is 21.4. The maximum atomic E-state index is 14.9. The van der Waals surface area contributed by atoms with Crippen molar-refractivity contribution in [3.05, 3.63) is 114 Å². The van der Waals surface area contributed by atoms with Gasteiger partial charge in [0.1, 0.15) is 0 Å². The highest BCUT2D eigenvalue weighted by Gasteiger charge is 2.25. The molecule has 0 aliphatic heterocycles. The van der Waals surface area contributed by atoms with Crippen LogP contribution in [-0.4, -0.2) is 0 Å². The van der Waals surface area contributed by atoms with Gasteiger partial charge < -0.3 is 0 Å². The minimum absolute atomic E-state index is 0.0129. The van der Waals surface area contributed by atoms with E-state index in [4.69, 9.17) is 0 Å². The van der Waals surface area contributed by atoms with Crippen LogP contribution in [-0.2, 0) is 25.7 Å². The SMILES string of the molecule is CCCCCc1cc(C)cc(CCCCC)c2c1cc1c3c(=O)c4ccccc4c(=O)c3c3cc4c(CCCCC)cc(C)cc(CCCCC)c4c3c12. The van der Waals surface area contributed by atoms with Gasteiger partial charge in [-0.3, -0.25) is 9.59 Å². The summed E-state index contributed by atoms with van der Waals surface area (Å²) in [6.45, 7) is 13.6. The number of hydrogen-bond acceptors (Lipinski definition) is 2. The van der Waals surface area contributed by atoms with Crippen LogP contribution in [0.1, 0.15) is 138 Å². The Labute approximate surface area is 322 Å². The van der Waals surface area contributed by atoms with E-state index in [1.165, 1.54) is 117 Å². The zero-order valence-electron chi connectivity index (χ0n) is 33.9. The molecule has 7 aromatic carbocycles. The van der Waals surface area contributed by atoms with Crippen LogP contribution < -0.4 is 10.9 Å². The maximum Gasteiger partial charge on any atom is 0.195 e. The van der Waals surface area contributed by atoms with E-state index in [0.717, 1.165) is 62.1 Å². The first-order chi connectivity index (χ1) is 26.3. The van der Waals surface area contributed by atoms with Crippen molar-refractivity contribution in [2.75, 3.05) is 0 Å². The highest BCUT2D eigenvalue weighted by atomic mass is 16.1. The lowest BCUT2D eigenvalue weighted by Gasteiger charge is -2.10. The Balaban J connectivity index is 1.80. The number of aryl methyl sites for hydroxylation is 6. The third-order valence-electron chi connectivity index (χ3n) is 12.2. The molecule has 280 valence electrons. The molecule has 0 aromatic heterocycles. The normalized spacial score (nSPS) is 12.1. The minimum atomic E-state index is -0.0129. The summed E-state index contributed by atoms with van der Waals surface area (Å²) in [4.78, 5) is 29.9. The van der Waals surface area contributed by atoms with Gasteiger partial charge in [-0.25, -0.2) is 0 Å². The van der Waals surface area contributed by atoms with E-state index in [1.54, 1.807) is 0 Å². The van der Waals surface area contributed by atoms with Crippen molar-refractivity contribution in [2.45, 2.75) is 144 Å². The summed E-state index contributed by atoms with van der Waals surface area (Å²) < 4.78 is 0.